The van der Waals surface area contributed by atoms with E-state index >= 15 is 0 Å². The second kappa shape index (κ2) is 7.81. The highest BCUT2D eigenvalue weighted by Gasteiger charge is 2.07. The summed E-state index contributed by atoms with van der Waals surface area (Å²) in [7, 11) is 1.68. The summed E-state index contributed by atoms with van der Waals surface area (Å²) in [5.41, 5.74) is 1.27. The third-order valence-corrected chi connectivity index (χ3v) is 2.52. The normalized spacial score (nSPS) is 10.4. The van der Waals surface area contributed by atoms with Gasteiger partial charge < -0.3 is 15.2 Å². The summed E-state index contributed by atoms with van der Waals surface area (Å²) in [6.45, 7) is 2.43. The molecular weight excluding hydrogens is 218 g/mol. The Kier molecular flexibility index (Phi) is 6.29. The molecule has 4 nitrogen and oxygen atoms in total. The van der Waals surface area contributed by atoms with E-state index in [1.807, 2.05) is 12.1 Å². The number of rotatable bonds is 8. The number of methoxy groups -OCH3 is 1. The third kappa shape index (κ3) is 4.97. The zero-order chi connectivity index (χ0) is 12.5. The van der Waals surface area contributed by atoms with E-state index in [-0.39, 0.29) is 0 Å². The highest BCUT2D eigenvalue weighted by atomic mass is 16.5. The Balaban J connectivity index is 2.34. The number of hydrogen-bond donors (Lipinski definition) is 2. The minimum Gasteiger partial charge on any atom is -0.478 e. The van der Waals surface area contributed by atoms with E-state index in [4.69, 9.17) is 9.84 Å². The van der Waals surface area contributed by atoms with E-state index in [1.165, 1.54) is 0 Å². The average molecular weight is 237 g/mol. The van der Waals surface area contributed by atoms with Gasteiger partial charge in [-0.25, -0.2) is 4.79 Å². The molecule has 0 radical (unpaired) electrons. The molecule has 0 unspecified atom stereocenters. The van der Waals surface area contributed by atoms with E-state index in [2.05, 4.69) is 5.32 Å². The number of aromatic carboxylic acids is 1. The van der Waals surface area contributed by atoms with Crippen LogP contribution in [0.25, 0.3) is 0 Å². The van der Waals surface area contributed by atoms with Crippen molar-refractivity contribution in [3.8, 4) is 0 Å². The predicted octanol–water partition coefficient (Wildman–Crippen LogP) is 1.55. The first-order valence-corrected chi connectivity index (χ1v) is 5.76. The number of benzene rings is 1. The van der Waals surface area contributed by atoms with Gasteiger partial charge in [-0.2, -0.15) is 0 Å². The molecule has 0 saturated carbocycles. The summed E-state index contributed by atoms with van der Waals surface area (Å²) >= 11 is 0. The fourth-order valence-corrected chi connectivity index (χ4v) is 1.64. The molecule has 17 heavy (non-hydrogen) atoms. The van der Waals surface area contributed by atoms with Crippen molar-refractivity contribution in [2.75, 3.05) is 26.8 Å². The summed E-state index contributed by atoms with van der Waals surface area (Å²) in [6, 6.07) is 7.12. The molecule has 0 amide bonds. The summed E-state index contributed by atoms with van der Waals surface area (Å²) in [5, 5.41) is 12.3. The maximum atomic E-state index is 11.0. The fraction of sp³-hybridized carbons (Fsp3) is 0.462. The van der Waals surface area contributed by atoms with Crippen molar-refractivity contribution < 1.29 is 14.6 Å². The Bertz CT molecular complexity index is 352. The Morgan fingerprint density at radius 1 is 1.35 bits per heavy atom. The number of carboxylic acids is 1. The fourth-order valence-electron chi connectivity index (χ4n) is 1.64. The molecule has 4 heteroatoms. The first kappa shape index (κ1) is 13.7. The molecule has 0 aliphatic heterocycles. The van der Waals surface area contributed by atoms with Crippen molar-refractivity contribution >= 4 is 5.97 Å². The Hall–Kier alpha value is -1.39. The molecule has 2 N–H and O–H groups in total. The lowest BCUT2D eigenvalue weighted by Crippen LogP contribution is -2.20. The van der Waals surface area contributed by atoms with Crippen LogP contribution in [0, 0.1) is 0 Å². The molecule has 0 aliphatic carbocycles. The van der Waals surface area contributed by atoms with Crippen molar-refractivity contribution in [2.24, 2.45) is 0 Å². The topological polar surface area (TPSA) is 58.6 Å². The lowest BCUT2D eigenvalue weighted by Gasteiger charge is -2.07. The zero-order valence-corrected chi connectivity index (χ0v) is 10.1. The van der Waals surface area contributed by atoms with Crippen LogP contribution in [0.15, 0.2) is 24.3 Å². The van der Waals surface area contributed by atoms with E-state index in [0.29, 0.717) is 5.56 Å². The molecule has 1 aromatic carbocycles. The summed E-state index contributed by atoms with van der Waals surface area (Å²) in [5.74, 6) is -0.861. The Morgan fingerprint density at radius 2 is 2.12 bits per heavy atom. The highest BCUT2D eigenvalue weighted by molar-refractivity contribution is 5.89. The van der Waals surface area contributed by atoms with Gasteiger partial charge in [0, 0.05) is 13.7 Å². The smallest absolute Gasteiger partial charge is 0.335 e. The molecule has 0 saturated heterocycles. The molecule has 0 bridgehead atoms. The van der Waals surface area contributed by atoms with Crippen LogP contribution < -0.4 is 5.32 Å². The zero-order valence-electron chi connectivity index (χ0n) is 10.1. The summed E-state index contributed by atoms with van der Waals surface area (Å²) in [4.78, 5) is 11.0. The van der Waals surface area contributed by atoms with Crippen LogP contribution in [0.3, 0.4) is 0 Å². The van der Waals surface area contributed by atoms with Crippen molar-refractivity contribution in [3.05, 3.63) is 35.4 Å². The standard InChI is InChI=1S/C13H19NO3/c1-17-10-4-8-14-9-7-11-5-2-3-6-12(11)13(15)16/h2-3,5-6,14H,4,7-10H2,1H3,(H,15,16). The van der Waals surface area contributed by atoms with Crippen LogP contribution in [-0.4, -0.2) is 37.9 Å². The van der Waals surface area contributed by atoms with Crippen molar-refractivity contribution in [1.29, 1.82) is 0 Å². The molecule has 0 atom stereocenters. The number of nitrogens with one attached hydrogen (secondary N) is 1. The molecule has 0 aliphatic rings. The van der Waals surface area contributed by atoms with Gasteiger partial charge in [-0.3, -0.25) is 0 Å². The molecule has 1 aromatic rings. The molecule has 1 rings (SSSR count). The lowest BCUT2D eigenvalue weighted by molar-refractivity contribution is 0.0695. The van der Waals surface area contributed by atoms with Gasteiger partial charge in [-0.15, -0.1) is 0 Å². The van der Waals surface area contributed by atoms with Crippen LogP contribution in [-0.2, 0) is 11.2 Å². The monoisotopic (exact) mass is 237 g/mol. The van der Waals surface area contributed by atoms with E-state index in [0.717, 1.165) is 38.1 Å². The van der Waals surface area contributed by atoms with E-state index in [1.54, 1.807) is 19.2 Å². The van der Waals surface area contributed by atoms with Gasteiger partial charge in [-0.05, 0) is 37.6 Å². The van der Waals surface area contributed by atoms with Gasteiger partial charge in [0.15, 0.2) is 0 Å². The van der Waals surface area contributed by atoms with Gasteiger partial charge in [0.05, 0.1) is 5.56 Å². The molecular formula is C13H19NO3. The quantitative estimate of drug-likeness (QED) is 0.674. The van der Waals surface area contributed by atoms with Crippen LogP contribution in [0.5, 0.6) is 0 Å². The Labute approximate surface area is 102 Å². The van der Waals surface area contributed by atoms with Crippen LogP contribution in [0.1, 0.15) is 22.3 Å². The summed E-state index contributed by atoms with van der Waals surface area (Å²) in [6.07, 6.45) is 1.70. The molecule has 0 heterocycles. The lowest BCUT2D eigenvalue weighted by atomic mass is 10.0. The van der Waals surface area contributed by atoms with Gasteiger partial charge in [0.2, 0.25) is 0 Å². The average Bonchev–Trinajstić information content (AvgIpc) is 2.34. The van der Waals surface area contributed by atoms with E-state index in [9.17, 15) is 4.79 Å². The number of hydrogen-bond acceptors (Lipinski definition) is 3. The predicted molar refractivity (Wildman–Crippen MR) is 66.5 cm³/mol. The maximum Gasteiger partial charge on any atom is 0.335 e. The van der Waals surface area contributed by atoms with Crippen molar-refractivity contribution in [1.82, 2.24) is 5.32 Å². The Morgan fingerprint density at radius 3 is 2.82 bits per heavy atom. The minimum atomic E-state index is -0.861. The van der Waals surface area contributed by atoms with Crippen LogP contribution in [0.4, 0.5) is 0 Å². The molecule has 0 fully saturated rings. The third-order valence-electron chi connectivity index (χ3n) is 2.52. The number of carbonyl (C=O) groups is 1. The van der Waals surface area contributed by atoms with Crippen LogP contribution in [0.2, 0.25) is 0 Å². The largest absolute Gasteiger partial charge is 0.478 e. The molecule has 0 spiro atoms. The van der Waals surface area contributed by atoms with Gasteiger partial charge in [0.25, 0.3) is 0 Å². The van der Waals surface area contributed by atoms with Crippen LogP contribution >= 0.6 is 0 Å². The SMILES string of the molecule is COCCCNCCc1ccccc1C(=O)O. The van der Waals surface area contributed by atoms with Gasteiger partial charge in [0.1, 0.15) is 0 Å². The maximum absolute atomic E-state index is 11.0. The first-order chi connectivity index (χ1) is 8.25. The van der Waals surface area contributed by atoms with Crippen molar-refractivity contribution in [2.45, 2.75) is 12.8 Å². The molecule has 0 aromatic heterocycles. The first-order valence-electron chi connectivity index (χ1n) is 5.76. The van der Waals surface area contributed by atoms with Gasteiger partial charge in [-0.1, -0.05) is 18.2 Å². The summed E-state index contributed by atoms with van der Waals surface area (Å²) < 4.78 is 4.94. The number of ether oxygens (including phenoxy) is 1. The van der Waals surface area contributed by atoms with E-state index < -0.39 is 5.97 Å². The second-order valence-electron chi connectivity index (χ2n) is 3.81. The highest BCUT2D eigenvalue weighted by Crippen LogP contribution is 2.08. The van der Waals surface area contributed by atoms with Gasteiger partial charge >= 0.3 is 5.97 Å². The van der Waals surface area contributed by atoms with Crippen molar-refractivity contribution in [3.63, 3.8) is 0 Å². The molecule has 94 valence electrons. The number of carboxylic acid groups (broad SMARTS) is 1. The second-order valence-corrected chi connectivity index (χ2v) is 3.81. The minimum absolute atomic E-state index is 0.395.